The molecule has 2 aromatic carbocycles. The summed E-state index contributed by atoms with van der Waals surface area (Å²) in [6, 6.07) is 10.7. The second kappa shape index (κ2) is 12.8. The molecule has 2 amide bonds. The zero-order valence-electron chi connectivity index (χ0n) is 21.2. The van der Waals surface area contributed by atoms with Gasteiger partial charge in [0.1, 0.15) is 18.3 Å². The van der Waals surface area contributed by atoms with Crippen molar-refractivity contribution < 1.29 is 22.7 Å². The largest absolute Gasteiger partial charge is 0.495 e. The van der Waals surface area contributed by atoms with Crippen LogP contribution < -0.4 is 14.4 Å². The van der Waals surface area contributed by atoms with E-state index < -0.39 is 28.5 Å². The summed E-state index contributed by atoms with van der Waals surface area (Å²) in [4.78, 5) is 28.3. The lowest BCUT2D eigenvalue weighted by atomic mass is 9.95. The van der Waals surface area contributed by atoms with Gasteiger partial charge in [-0.2, -0.15) is 0 Å². The fraction of sp³-hybridized carbons (Fsp3) is 0.462. The fourth-order valence-corrected chi connectivity index (χ4v) is 5.81. The van der Waals surface area contributed by atoms with Crippen LogP contribution in [0.25, 0.3) is 0 Å². The molecule has 1 aliphatic rings. The summed E-state index contributed by atoms with van der Waals surface area (Å²) in [7, 11) is -2.46. The molecule has 11 heteroatoms. The van der Waals surface area contributed by atoms with Crippen LogP contribution in [0.2, 0.25) is 10.0 Å². The van der Waals surface area contributed by atoms with Gasteiger partial charge < -0.3 is 15.0 Å². The third-order valence-corrected chi connectivity index (χ3v) is 8.38. The minimum atomic E-state index is -3.88. The van der Waals surface area contributed by atoms with E-state index in [4.69, 9.17) is 27.9 Å². The van der Waals surface area contributed by atoms with Gasteiger partial charge in [-0.15, -0.1) is 0 Å². The minimum absolute atomic E-state index is 0.0469. The number of methoxy groups -OCH3 is 1. The molecule has 0 radical (unpaired) electrons. The van der Waals surface area contributed by atoms with Crippen molar-refractivity contribution in [3.05, 3.63) is 58.1 Å². The van der Waals surface area contributed by atoms with Crippen molar-refractivity contribution in [1.29, 1.82) is 0 Å². The number of para-hydroxylation sites is 2. The summed E-state index contributed by atoms with van der Waals surface area (Å²) >= 11 is 12.8. The highest BCUT2D eigenvalue weighted by Crippen LogP contribution is 2.31. The van der Waals surface area contributed by atoms with Crippen molar-refractivity contribution in [3.63, 3.8) is 0 Å². The van der Waals surface area contributed by atoms with Crippen molar-refractivity contribution in [1.82, 2.24) is 10.2 Å². The Balaban J connectivity index is 1.94. The monoisotopic (exact) mass is 569 g/mol. The first-order valence-corrected chi connectivity index (χ1v) is 14.8. The Morgan fingerprint density at radius 3 is 2.27 bits per heavy atom. The van der Waals surface area contributed by atoms with E-state index in [-0.39, 0.29) is 24.2 Å². The average molecular weight is 571 g/mol. The molecule has 0 heterocycles. The Bertz CT molecular complexity index is 1200. The number of carbonyl (C=O) groups excluding carboxylic acids is 2. The van der Waals surface area contributed by atoms with E-state index in [0.717, 1.165) is 42.7 Å². The third-order valence-electron chi connectivity index (χ3n) is 6.54. The first-order chi connectivity index (χ1) is 17.5. The van der Waals surface area contributed by atoms with Crippen LogP contribution >= 0.6 is 23.2 Å². The van der Waals surface area contributed by atoms with Crippen LogP contribution in [0.3, 0.4) is 0 Å². The summed E-state index contributed by atoms with van der Waals surface area (Å²) in [5, 5.41) is 3.74. The number of hydrogen-bond acceptors (Lipinski definition) is 5. The molecule has 0 bridgehead atoms. The van der Waals surface area contributed by atoms with E-state index in [9.17, 15) is 18.0 Å². The number of rotatable bonds is 10. The third kappa shape index (κ3) is 7.52. The molecule has 37 heavy (non-hydrogen) atoms. The van der Waals surface area contributed by atoms with Gasteiger partial charge in [0, 0.05) is 28.2 Å². The lowest BCUT2D eigenvalue weighted by molar-refractivity contribution is -0.139. The van der Waals surface area contributed by atoms with Crippen LogP contribution in [-0.4, -0.2) is 57.1 Å². The Morgan fingerprint density at radius 1 is 1.05 bits per heavy atom. The van der Waals surface area contributed by atoms with Crippen LogP contribution in [0.5, 0.6) is 5.75 Å². The number of sulfonamides is 1. The van der Waals surface area contributed by atoms with Gasteiger partial charge in [-0.25, -0.2) is 8.42 Å². The van der Waals surface area contributed by atoms with E-state index in [1.807, 2.05) is 0 Å². The van der Waals surface area contributed by atoms with Crippen molar-refractivity contribution in [3.8, 4) is 5.75 Å². The SMILES string of the molecule is COc1ccccc1N(CC(=O)N(Cc1c(Cl)cccc1Cl)[C@H](C)C(=O)NC1CCCCC1)S(C)(=O)=O. The van der Waals surface area contributed by atoms with Gasteiger partial charge in [-0.3, -0.25) is 13.9 Å². The van der Waals surface area contributed by atoms with Gasteiger partial charge in [-0.05, 0) is 44.0 Å². The van der Waals surface area contributed by atoms with Gasteiger partial charge >= 0.3 is 0 Å². The van der Waals surface area contributed by atoms with Crippen LogP contribution in [-0.2, 0) is 26.2 Å². The molecular formula is C26H33Cl2N3O5S. The standard InChI is InChI=1S/C26H33Cl2N3O5S/c1-18(26(33)29-19-10-5-4-6-11-19)30(16-20-21(27)12-9-13-22(20)28)25(32)17-31(37(3,34)35)23-14-7-8-15-24(23)36-2/h7-9,12-15,18-19H,4-6,10-11,16-17H2,1-3H3,(H,29,33)/t18-/m1/s1. The lowest BCUT2D eigenvalue weighted by Gasteiger charge is -2.33. The van der Waals surface area contributed by atoms with Gasteiger partial charge in [0.15, 0.2) is 0 Å². The molecule has 8 nitrogen and oxygen atoms in total. The molecule has 0 saturated heterocycles. The summed E-state index contributed by atoms with van der Waals surface area (Å²) < 4.78 is 31.8. The van der Waals surface area contributed by atoms with Crippen LogP contribution in [0, 0.1) is 0 Å². The second-order valence-corrected chi connectivity index (χ2v) is 11.9. The summed E-state index contributed by atoms with van der Waals surface area (Å²) in [5.41, 5.74) is 0.690. The molecule has 1 saturated carbocycles. The molecule has 202 valence electrons. The smallest absolute Gasteiger partial charge is 0.244 e. The van der Waals surface area contributed by atoms with Crippen LogP contribution in [0.15, 0.2) is 42.5 Å². The maximum atomic E-state index is 13.8. The van der Waals surface area contributed by atoms with Crippen LogP contribution in [0.4, 0.5) is 5.69 Å². The molecule has 0 aliphatic heterocycles. The predicted molar refractivity (Wildman–Crippen MR) is 147 cm³/mol. The molecular weight excluding hydrogens is 537 g/mol. The van der Waals surface area contributed by atoms with E-state index in [0.29, 0.717) is 21.4 Å². The maximum absolute atomic E-state index is 13.8. The average Bonchev–Trinajstić information content (AvgIpc) is 2.86. The Kier molecular flexibility index (Phi) is 10.1. The van der Waals surface area contributed by atoms with Crippen LogP contribution in [0.1, 0.15) is 44.6 Å². The van der Waals surface area contributed by atoms with Gasteiger partial charge in [0.05, 0.1) is 19.1 Å². The number of amides is 2. The number of anilines is 1. The van der Waals surface area contributed by atoms with Gasteiger partial charge in [0.2, 0.25) is 21.8 Å². The van der Waals surface area contributed by atoms with E-state index >= 15 is 0 Å². The first-order valence-electron chi connectivity index (χ1n) is 12.2. The van der Waals surface area contributed by atoms with Crippen molar-refractivity contribution in [2.75, 3.05) is 24.2 Å². The number of benzene rings is 2. The van der Waals surface area contributed by atoms with Crippen molar-refractivity contribution in [2.45, 2.75) is 57.7 Å². The number of halogens is 2. The van der Waals surface area contributed by atoms with Crippen molar-refractivity contribution in [2.24, 2.45) is 0 Å². The topological polar surface area (TPSA) is 96.0 Å². The Morgan fingerprint density at radius 2 is 1.68 bits per heavy atom. The highest BCUT2D eigenvalue weighted by Gasteiger charge is 2.32. The molecule has 3 rings (SSSR count). The van der Waals surface area contributed by atoms with E-state index in [2.05, 4.69) is 5.32 Å². The number of ether oxygens (including phenoxy) is 1. The molecule has 1 aliphatic carbocycles. The molecule has 0 unspecified atom stereocenters. The number of hydrogen-bond donors (Lipinski definition) is 1. The molecule has 1 N–H and O–H groups in total. The number of carbonyl (C=O) groups is 2. The van der Waals surface area contributed by atoms with Gasteiger partial charge in [-0.1, -0.05) is 60.7 Å². The predicted octanol–water partition coefficient (Wildman–Crippen LogP) is 4.63. The summed E-state index contributed by atoms with van der Waals surface area (Å²) in [6.45, 7) is 1.01. The minimum Gasteiger partial charge on any atom is -0.495 e. The molecule has 0 spiro atoms. The Labute approximate surface area is 228 Å². The quantitative estimate of drug-likeness (QED) is 0.449. The molecule has 1 fully saturated rings. The normalized spacial score (nSPS) is 15.1. The van der Waals surface area contributed by atoms with E-state index in [1.54, 1.807) is 49.4 Å². The fourth-order valence-electron chi connectivity index (χ4n) is 4.44. The maximum Gasteiger partial charge on any atom is 0.244 e. The number of nitrogens with one attached hydrogen (secondary N) is 1. The highest BCUT2D eigenvalue weighted by atomic mass is 35.5. The summed E-state index contributed by atoms with van der Waals surface area (Å²) in [6.07, 6.45) is 6.01. The molecule has 1 atom stereocenters. The highest BCUT2D eigenvalue weighted by molar-refractivity contribution is 7.92. The summed E-state index contributed by atoms with van der Waals surface area (Å²) in [5.74, 6) is -0.602. The molecule has 0 aromatic heterocycles. The van der Waals surface area contributed by atoms with E-state index in [1.165, 1.54) is 12.0 Å². The number of nitrogens with zero attached hydrogens (tertiary/aromatic N) is 2. The zero-order valence-corrected chi connectivity index (χ0v) is 23.6. The van der Waals surface area contributed by atoms with Gasteiger partial charge in [0.25, 0.3) is 0 Å². The zero-order chi connectivity index (χ0) is 27.2. The van der Waals surface area contributed by atoms with Crippen molar-refractivity contribution >= 4 is 50.7 Å². The second-order valence-electron chi connectivity index (χ2n) is 9.18. The first kappa shape index (κ1) is 29.1. The Hall–Kier alpha value is -2.49. The molecule has 2 aromatic rings. The lowest BCUT2D eigenvalue weighted by Crippen LogP contribution is -2.53.